The fraction of sp³-hybridized carbons (Fsp3) is 0.929. The molecule has 0 bridgehead atoms. The summed E-state index contributed by atoms with van der Waals surface area (Å²) in [6.07, 6.45) is 4.83. The van der Waals surface area contributed by atoms with Crippen LogP contribution in [0.15, 0.2) is 0 Å². The molecule has 0 aromatic rings. The number of rotatable bonds is 6. The van der Waals surface area contributed by atoms with E-state index in [9.17, 15) is 4.79 Å². The number of carbonyl (C=O) groups is 1. The average Bonchev–Trinajstić information content (AvgIpc) is 2.31. The second-order valence-corrected chi connectivity index (χ2v) is 5.79. The van der Waals surface area contributed by atoms with Gasteiger partial charge in [-0.1, -0.05) is 13.8 Å². The van der Waals surface area contributed by atoms with Gasteiger partial charge >= 0.3 is 0 Å². The molecule has 1 rings (SSSR count). The van der Waals surface area contributed by atoms with E-state index in [0.29, 0.717) is 12.0 Å². The minimum Gasteiger partial charge on any atom is -0.365 e. The maximum absolute atomic E-state index is 11.8. The molecule has 1 fully saturated rings. The van der Waals surface area contributed by atoms with Crippen molar-refractivity contribution in [3.05, 3.63) is 0 Å². The van der Waals surface area contributed by atoms with Crippen molar-refractivity contribution in [1.29, 1.82) is 0 Å². The molecule has 1 saturated carbocycles. The Bertz CT molecular complexity index is 248. The summed E-state index contributed by atoms with van der Waals surface area (Å²) in [6, 6.07) is 0.319. The van der Waals surface area contributed by atoms with Gasteiger partial charge in [-0.15, -0.1) is 0 Å². The topological polar surface area (TPSA) is 64.3 Å². The number of nitrogens with one attached hydrogen (secondary N) is 1. The molecule has 1 aliphatic carbocycles. The van der Waals surface area contributed by atoms with E-state index < -0.39 is 0 Å². The van der Waals surface area contributed by atoms with E-state index in [0.717, 1.165) is 38.6 Å². The van der Waals surface area contributed by atoms with Crippen LogP contribution in [0.1, 0.15) is 52.9 Å². The standard InChI is InChI=1S/C14H28N2O2/c1-10(2)8-9-16-14(17)11(3)18-13-6-4-12(15)5-7-13/h10-13H,4-9,15H2,1-3H3,(H,16,17). The van der Waals surface area contributed by atoms with Gasteiger partial charge in [0, 0.05) is 12.6 Å². The molecule has 18 heavy (non-hydrogen) atoms. The maximum atomic E-state index is 11.8. The highest BCUT2D eigenvalue weighted by molar-refractivity contribution is 5.80. The number of carbonyl (C=O) groups excluding carboxylic acids is 1. The lowest BCUT2D eigenvalue weighted by atomic mass is 9.93. The SMILES string of the molecule is CC(C)CCNC(=O)C(C)OC1CCC(N)CC1. The predicted octanol–water partition coefficient (Wildman–Crippen LogP) is 1.82. The molecule has 4 nitrogen and oxygen atoms in total. The van der Waals surface area contributed by atoms with Crippen LogP contribution < -0.4 is 11.1 Å². The summed E-state index contributed by atoms with van der Waals surface area (Å²) < 4.78 is 5.79. The first-order valence-corrected chi connectivity index (χ1v) is 7.17. The van der Waals surface area contributed by atoms with E-state index in [-0.39, 0.29) is 18.1 Å². The summed E-state index contributed by atoms with van der Waals surface area (Å²) in [6.45, 7) is 6.87. The Hall–Kier alpha value is -0.610. The molecule has 0 spiro atoms. The summed E-state index contributed by atoms with van der Waals surface area (Å²) in [5.41, 5.74) is 5.85. The van der Waals surface area contributed by atoms with Gasteiger partial charge in [0.15, 0.2) is 0 Å². The Balaban J connectivity index is 2.18. The summed E-state index contributed by atoms with van der Waals surface area (Å²) in [7, 11) is 0. The Morgan fingerprint density at radius 1 is 1.28 bits per heavy atom. The fourth-order valence-electron chi connectivity index (χ4n) is 2.20. The fourth-order valence-corrected chi connectivity index (χ4v) is 2.20. The van der Waals surface area contributed by atoms with Crippen molar-refractivity contribution in [2.75, 3.05) is 6.54 Å². The molecular formula is C14H28N2O2. The Kier molecular flexibility index (Phi) is 6.65. The summed E-state index contributed by atoms with van der Waals surface area (Å²) in [5, 5.41) is 2.92. The van der Waals surface area contributed by atoms with Gasteiger partial charge in [0.25, 0.3) is 0 Å². The third kappa shape index (κ3) is 5.83. The molecule has 1 atom stereocenters. The van der Waals surface area contributed by atoms with Gasteiger partial charge in [-0.2, -0.15) is 0 Å². The van der Waals surface area contributed by atoms with Crippen LogP contribution in [-0.4, -0.2) is 30.7 Å². The van der Waals surface area contributed by atoms with Gasteiger partial charge in [0.05, 0.1) is 6.10 Å². The van der Waals surface area contributed by atoms with Gasteiger partial charge in [-0.25, -0.2) is 0 Å². The Morgan fingerprint density at radius 3 is 2.44 bits per heavy atom. The zero-order valence-corrected chi connectivity index (χ0v) is 11.9. The second kappa shape index (κ2) is 7.74. The van der Waals surface area contributed by atoms with Crippen LogP contribution in [0.5, 0.6) is 0 Å². The van der Waals surface area contributed by atoms with Gasteiger partial charge in [0.2, 0.25) is 5.91 Å². The lowest BCUT2D eigenvalue weighted by Crippen LogP contribution is -2.39. The van der Waals surface area contributed by atoms with Crippen LogP contribution >= 0.6 is 0 Å². The minimum absolute atomic E-state index is 0.00511. The van der Waals surface area contributed by atoms with E-state index in [2.05, 4.69) is 19.2 Å². The molecule has 1 aliphatic rings. The molecule has 0 aromatic carbocycles. The van der Waals surface area contributed by atoms with Crippen molar-refractivity contribution in [3.8, 4) is 0 Å². The van der Waals surface area contributed by atoms with E-state index >= 15 is 0 Å². The molecule has 0 aromatic heterocycles. The monoisotopic (exact) mass is 256 g/mol. The van der Waals surface area contributed by atoms with Gasteiger partial charge in [-0.3, -0.25) is 4.79 Å². The van der Waals surface area contributed by atoms with E-state index in [1.807, 2.05) is 6.92 Å². The molecule has 106 valence electrons. The van der Waals surface area contributed by atoms with Crippen molar-refractivity contribution >= 4 is 5.91 Å². The maximum Gasteiger partial charge on any atom is 0.248 e. The van der Waals surface area contributed by atoms with Crippen molar-refractivity contribution in [2.45, 2.75) is 71.1 Å². The molecule has 4 heteroatoms. The minimum atomic E-state index is -0.350. The predicted molar refractivity (Wildman–Crippen MR) is 73.2 cm³/mol. The molecule has 0 radical (unpaired) electrons. The van der Waals surface area contributed by atoms with Crippen LogP contribution in [0, 0.1) is 5.92 Å². The van der Waals surface area contributed by atoms with Gasteiger partial charge < -0.3 is 15.8 Å². The van der Waals surface area contributed by atoms with E-state index in [1.165, 1.54) is 0 Å². The van der Waals surface area contributed by atoms with Crippen LogP contribution in [-0.2, 0) is 9.53 Å². The Morgan fingerprint density at radius 2 is 1.89 bits per heavy atom. The highest BCUT2D eigenvalue weighted by Crippen LogP contribution is 2.20. The average molecular weight is 256 g/mol. The number of ether oxygens (including phenoxy) is 1. The van der Waals surface area contributed by atoms with Crippen molar-refractivity contribution < 1.29 is 9.53 Å². The van der Waals surface area contributed by atoms with E-state index in [4.69, 9.17) is 10.5 Å². The zero-order chi connectivity index (χ0) is 13.5. The molecule has 3 N–H and O–H groups in total. The normalized spacial score (nSPS) is 26.1. The largest absolute Gasteiger partial charge is 0.365 e. The lowest BCUT2D eigenvalue weighted by molar-refractivity contribution is -0.136. The number of nitrogens with two attached hydrogens (primary N) is 1. The second-order valence-electron chi connectivity index (χ2n) is 5.79. The van der Waals surface area contributed by atoms with Crippen molar-refractivity contribution in [1.82, 2.24) is 5.32 Å². The lowest BCUT2D eigenvalue weighted by Gasteiger charge is -2.28. The van der Waals surface area contributed by atoms with Crippen LogP contribution in [0.4, 0.5) is 0 Å². The molecule has 0 saturated heterocycles. The molecular weight excluding hydrogens is 228 g/mol. The Labute approximate surface area is 111 Å². The van der Waals surface area contributed by atoms with Gasteiger partial charge in [-0.05, 0) is 44.9 Å². The molecule has 1 unspecified atom stereocenters. The first-order valence-electron chi connectivity index (χ1n) is 7.17. The van der Waals surface area contributed by atoms with Crippen molar-refractivity contribution in [3.63, 3.8) is 0 Å². The van der Waals surface area contributed by atoms with Crippen LogP contribution in [0.3, 0.4) is 0 Å². The molecule has 1 amide bonds. The van der Waals surface area contributed by atoms with Gasteiger partial charge in [0.1, 0.15) is 6.10 Å². The zero-order valence-electron chi connectivity index (χ0n) is 11.9. The van der Waals surface area contributed by atoms with Crippen LogP contribution in [0.25, 0.3) is 0 Å². The highest BCUT2D eigenvalue weighted by Gasteiger charge is 2.23. The van der Waals surface area contributed by atoms with Crippen molar-refractivity contribution in [2.24, 2.45) is 11.7 Å². The highest BCUT2D eigenvalue weighted by atomic mass is 16.5. The first kappa shape index (κ1) is 15.4. The van der Waals surface area contributed by atoms with Crippen LogP contribution in [0.2, 0.25) is 0 Å². The van der Waals surface area contributed by atoms with E-state index in [1.54, 1.807) is 0 Å². The molecule has 0 heterocycles. The number of hydrogen-bond acceptors (Lipinski definition) is 3. The smallest absolute Gasteiger partial charge is 0.248 e. The third-order valence-electron chi connectivity index (χ3n) is 3.51. The quantitative estimate of drug-likeness (QED) is 0.762. The third-order valence-corrected chi connectivity index (χ3v) is 3.51. The first-order chi connectivity index (χ1) is 8.49. The summed E-state index contributed by atoms with van der Waals surface area (Å²) in [4.78, 5) is 11.8. The summed E-state index contributed by atoms with van der Waals surface area (Å²) in [5.74, 6) is 0.617. The number of amides is 1. The molecule has 0 aliphatic heterocycles. The number of hydrogen-bond donors (Lipinski definition) is 2. The summed E-state index contributed by atoms with van der Waals surface area (Å²) >= 11 is 0.